The highest BCUT2D eigenvalue weighted by Gasteiger charge is 2.57. The van der Waals surface area contributed by atoms with E-state index in [0.717, 1.165) is 22.7 Å². The van der Waals surface area contributed by atoms with Gasteiger partial charge in [0, 0.05) is 33.5 Å². The predicted molar refractivity (Wildman–Crippen MR) is 290 cm³/mol. The molecule has 0 saturated carbocycles. The first-order valence-electron chi connectivity index (χ1n) is 24.3. The highest BCUT2D eigenvalue weighted by Crippen LogP contribution is 2.66. The molecule has 70 heavy (non-hydrogen) atoms. The van der Waals surface area contributed by atoms with E-state index in [1.165, 1.54) is 88.6 Å². The summed E-state index contributed by atoms with van der Waals surface area (Å²) >= 11 is 0. The van der Waals surface area contributed by atoms with E-state index >= 15 is 0 Å². The molecule has 0 amide bonds. The largest absolute Gasteiger partial charge is 0.310 e. The predicted octanol–water partition coefficient (Wildman–Crippen LogP) is 17.0. The summed E-state index contributed by atoms with van der Waals surface area (Å²) in [5.74, 6) is 0. The molecule has 0 bridgehead atoms. The number of rotatable bonds is 8. The van der Waals surface area contributed by atoms with E-state index in [9.17, 15) is 0 Å². The van der Waals surface area contributed by atoms with Crippen molar-refractivity contribution in [1.82, 2.24) is 4.57 Å². The summed E-state index contributed by atoms with van der Waals surface area (Å²) in [4.78, 5) is 2.44. The monoisotopic (exact) mass is 890 g/mol. The van der Waals surface area contributed by atoms with Crippen molar-refractivity contribution in [1.29, 1.82) is 0 Å². The Labute approximate surface area is 408 Å². The summed E-state index contributed by atoms with van der Waals surface area (Å²) in [6.07, 6.45) is 0. The van der Waals surface area contributed by atoms with Gasteiger partial charge in [-0.2, -0.15) is 0 Å². The van der Waals surface area contributed by atoms with Crippen LogP contribution in [0.1, 0.15) is 44.5 Å². The van der Waals surface area contributed by atoms with Crippen molar-refractivity contribution < 1.29 is 0 Å². The van der Waals surface area contributed by atoms with Crippen LogP contribution in [0.5, 0.6) is 0 Å². The Morgan fingerprint density at radius 1 is 0.286 bits per heavy atom. The highest BCUT2D eigenvalue weighted by atomic mass is 15.1. The molecule has 0 spiro atoms. The average molecular weight is 891 g/mol. The number of anilines is 3. The first-order chi connectivity index (χ1) is 34.7. The molecule has 12 aromatic rings. The molecular formula is C68H46N2. The minimum absolute atomic E-state index is 0.509. The van der Waals surface area contributed by atoms with Crippen molar-refractivity contribution in [2.24, 2.45) is 0 Å². The molecule has 0 radical (unpaired) electrons. The fourth-order valence-corrected chi connectivity index (χ4v) is 12.6. The second-order valence-corrected chi connectivity index (χ2v) is 18.7. The smallest absolute Gasteiger partial charge is 0.0720 e. The van der Waals surface area contributed by atoms with Crippen molar-refractivity contribution in [2.45, 2.75) is 10.8 Å². The van der Waals surface area contributed by atoms with Crippen LogP contribution in [-0.2, 0) is 10.8 Å². The Morgan fingerprint density at radius 2 is 0.786 bits per heavy atom. The summed E-state index contributed by atoms with van der Waals surface area (Å²) in [6, 6.07) is 104. The van der Waals surface area contributed by atoms with Gasteiger partial charge in [-0.25, -0.2) is 0 Å². The third kappa shape index (κ3) is 5.68. The van der Waals surface area contributed by atoms with Gasteiger partial charge in [0.25, 0.3) is 0 Å². The van der Waals surface area contributed by atoms with Crippen molar-refractivity contribution in [3.8, 4) is 27.9 Å². The zero-order valence-corrected chi connectivity index (χ0v) is 38.5. The zero-order valence-electron chi connectivity index (χ0n) is 38.5. The number of benzene rings is 11. The normalized spacial score (nSPS) is 16.4. The summed E-state index contributed by atoms with van der Waals surface area (Å²) < 4.78 is 2.41. The number of hydrogen-bond donors (Lipinski definition) is 0. The molecule has 1 heterocycles. The van der Waals surface area contributed by atoms with Gasteiger partial charge in [-0.1, -0.05) is 218 Å². The fourth-order valence-electron chi connectivity index (χ4n) is 12.6. The molecule has 2 nitrogen and oxygen atoms in total. The van der Waals surface area contributed by atoms with Crippen molar-refractivity contribution in [3.63, 3.8) is 0 Å². The van der Waals surface area contributed by atoms with E-state index < -0.39 is 10.8 Å². The molecule has 2 unspecified atom stereocenters. The second kappa shape index (κ2) is 15.8. The van der Waals surface area contributed by atoms with Gasteiger partial charge in [0.15, 0.2) is 0 Å². The first kappa shape index (κ1) is 40.1. The maximum absolute atomic E-state index is 2.47. The number of para-hydroxylation sites is 2. The van der Waals surface area contributed by atoms with Crippen LogP contribution in [0.15, 0.2) is 279 Å². The van der Waals surface area contributed by atoms with E-state index in [1.807, 2.05) is 0 Å². The maximum atomic E-state index is 2.47. The Bertz CT molecular complexity index is 3930. The lowest BCUT2D eigenvalue weighted by atomic mass is 9.51. The van der Waals surface area contributed by atoms with Crippen LogP contribution in [0.2, 0.25) is 0 Å². The van der Waals surface area contributed by atoms with Crippen LogP contribution >= 0.6 is 0 Å². The molecule has 2 atom stereocenters. The van der Waals surface area contributed by atoms with Gasteiger partial charge < -0.3 is 9.47 Å². The fraction of sp³-hybridized carbons (Fsp3) is 0.0294. The third-order valence-corrected chi connectivity index (χ3v) is 15.3. The summed E-state index contributed by atoms with van der Waals surface area (Å²) in [5, 5.41) is 2.42. The van der Waals surface area contributed by atoms with Gasteiger partial charge in [-0.3, -0.25) is 0 Å². The molecular weight excluding hydrogens is 845 g/mol. The molecule has 2 aliphatic rings. The standard InChI is InChI=1S/C68H46N2/c1-5-21-47(22-6-1)48-39-41-53(42-40-48)70-64-38-18-14-32-57(64)59-46-55(43-44-65(59)70)69(52-28-11-4-12-29-52)54-30-19-27-51(45-54)67(49-23-7-2-8-24-49)61-35-16-17-36-62(61)68(50-25-9-3-10-26-50)60-34-15-13-31-56(60)58-33-20-37-63(67)66(58)68/h1-46H. The maximum Gasteiger partial charge on any atom is 0.0720 e. The van der Waals surface area contributed by atoms with Gasteiger partial charge in [0.2, 0.25) is 0 Å². The highest BCUT2D eigenvalue weighted by molar-refractivity contribution is 6.10. The van der Waals surface area contributed by atoms with Gasteiger partial charge >= 0.3 is 0 Å². The number of hydrogen-bond acceptors (Lipinski definition) is 1. The summed E-state index contributed by atoms with van der Waals surface area (Å²) in [6.45, 7) is 0. The van der Waals surface area contributed by atoms with E-state index in [-0.39, 0.29) is 0 Å². The van der Waals surface area contributed by atoms with E-state index in [4.69, 9.17) is 0 Å². The summed E-state index contributed by atoms with van der Waals surface area (Å²) in [5.41, 5.74) is 21.0. The van der Waals surface area contributed by atoms with Crippen molar-refractivity contribution >= 4 is 38.9 Å². The van der Waals surface area contributed by atoms with Gasteiger partial charge in [-0.05, 0) is 127 Å². The zero-order chi connectivity index (χ0) is 46.2. The van der Waals surface area contributed by atoms with E-state index in [2.05, 4.69) is 289 Å². The molecule has 0 aliphatic heterocycles. The number of fused-ring (bicyclic) bond motifs is 8. The lowest BCUT2D eigenvalue weighted by molar-refractivity contribution is 0.627. The van der Waals surface area contributed by atoms with Crippen LogP contribution in [-0.4, -0.2) is 4.57 Å². The van der Waals surface area contributed by atoms with Gasteiger partial charge in [0.05, 0.1) is 21.9 Å². The SMILES string of the molecule is c1ccc(-c2ccc(-n3c4ccccc4c4cc(N(c5ccccc5)c5cccc(C6(c7ccccc7)c7ccccc7C7(c8ccccc8)c8ccccc8-c8cccc6c87)c5)ccc43)cc2)cc1. The third-order valence-electron chi connectivity index (χ3n) is 15.3. The van der Waals surface area contributed by atoms with Gasteiger partial charge in [0.1, 0.15) is 0 Å². The summed E-state index contributed by atoms with van der Waals surface area (Å²) in [7, 11) is 0. The van der Waals surface area contributed by atoms with Gasteiger partial charge in [-0.15, -0.1) is 0 Å². The molecule has 0 N–H and O–H groups in total. The molecule has 328 valence electrons. The molecule has 0 fully saturated rings. The minimum Gasteiger partial charge on any atom is -0.310 e. The Morgan fingerprint density at radius 3 is 1.53 bits per heavy atom. The Kier molecular flexibility index (Phi) is 9.06. The van der Waals surface area contributed by atoms with Crippen LogP contribution < -0.4 is 4.90 Å². The first-order valence-corrected chi connectivity index (χ1v) is 24.3. The average Bonchev–Trinajstić information content (AvgIpc) is 3.94. The molecule has 2 heteroatoms. The van der Waals surface area contributed by atoms with Crippen molar-refractivity contribution in [2.75, 3.05) is 4.90 Å². The van der Waals surface area contributed by atoms with E-state index in [1.54, 1.807) is 0 Å². The molecule has 14 rings (SSSR count). The van der Waals surface area contributed by atoms with Crippen molar-refractivity contribution in [3.05, 3.63) is 324 Å². The van der Waals surface area contributed by atoms with Crippen LogP contribution in [0.3, 0.4) is 0 Å². The molecule has 0 saturated heterocycles. The number of nitrogens with zero attached hydrogens (tertiary/aromatic N) is 2. The molecule has 1 aromatic heterocycles. The molecule has 2 aliphatic carbocycles. The van der Waals surface area contributed by atoms with Crippen LogP contribution in [0.4, 0.5) is 17.1 Å². The second-order valence-electron chi connectivity index (χ2n) is 18.7. The lowest BCUT2D eigenvalue weighted by Crippen LogP contribution is -2.44. The Hall–Kier alpha value is -8.98. The quantitative estimate of drug-likeness (QED) is 0.148. The lowest BCUT2D eigenvalue weighted by Gasteiger charge is -2.49. The number of aromatic nitrogens is 1. The topological polar surface area (TPSA) is 8.17 Å². The molecule has 11 aromatic carbocycles. The van der Waals surface area contributed by atoms with Crippen LogP contribution in [0.25, 0.3) is 49.7 Å². The Balaban J connectivity index is 0.998. The van der Waals surface area contributed by atoms with Crippen LogP contribution in [0, 0.1) is 0 Å². The minimum atomic E-state index is -0.671. The van der Waals surface area contributed by atoms with E-state index in [0.29, 0.717) is 0 Å².